The van der Waals surface area contributed by atoms with E-state index in [1.165, 1.54) is 12.8 Å². The Morgan fingerprint density at radius 3 is 3.00 bits per heavy atom. The fourth-order valence-corrected chi connectivity index (χ4v) is 2.43. The molecule has 1 unspecified atom stereocenters. The molecule has 0 bridgehead atoms. The van der Waals surface area contributed by atoms with E-state index in [-0.39, 0.29) is 6.10 Å². The predicted octanol–water partition coefficient (Wildman–Crippen LogP) is 3.71. The smallest absolute Gasteiger partial charge is 0.172 e. The Labute approximate surface area is 95.2 Å². The van der Waals surface area contributed by atoms with Crippen molar-refractivity contribution in [2.45, 2.75) is 39.2 Å². The van der Waals surface area contributed by atoms with Gasteiger partial charge in [0.2, 0.25) is 0 Å². The van der Waals surface area contributed by atoms with Gasteiger partial charge in [-0.15, -0.1) is 11.3 Å². The summed E-state index contributed by atoms with van der Waals surface area (Å²) in [6.45, 7) is 5.23. The summed E-state index contributed by atoms with van der Waals surface area (Å²) in [5, 5.41) is 4.02. The summed E-state index contributed by atoms with van der Waals surface area (Å²) in [5.41, 5.74) is 0. The summed E-state index contributed by atoms with van der Waals surface area (Å²) in [6.07, 6.45) is 3.86. The van der Waals surface area contributed by atoms with Crippen molar-refractivity contribution in [3.05, 3.63) is 10.8 Å². The maximum absolute atomic E-state index is 5.84. The van der Waals surface area contributed by atoms with Gasteiger partial charge in [-0.05, 0) is 18.8 Å². The third kappa shape index (κ3) is 2.88. The van der Waals surface area contributed by atoms with E-state index in [0.29, 0.717) is 6.61 Å². The number of thiophene rings is 1. The second-order valence-corrected chi connectivity index (χ2v) is 5.22. The lowest BCUT2D eigenvalue weighted by Gasteiger charge is -2.24. The van der Waals surface area contributed by atoms with E-state index in [4.69, 9.17) is 9.47 Å². The molecule has 2 rings (SSSR count). The summed E-state index contributed by atoms with van der Waals surface area (Å²) >= 11 is 1.64. The first kappa shape index (κ1) is 10.8. The van der Waals surface area contributed by atoms with Crippen LogP contribution in [0.3, 0.4) is 0 Å². The highest BCUT2D eigenvalue weighted by molar-refractivity contribution is 7.08. The van der Waals surface area contributed by atoms with Gasteiger partial charge in [0.1, 0.15) is 12.7 Å². The Hall–Kier alpha value is -0.700. The molecule has 3 heteroatoms. The fraction of sp³-hybridized carbons (Fsp3) is 0.667. The van der Waals surface area contributed by atoms with Gasteiger partial charge in [0, 0.05) is 10.8 Å². The van der Waals surface area contributed by atoms with Gasteiger partial charge in [0.25, 0.3) is 0 Å². The lowest BCUT2D eigenvalue weighted by Crippen LogP contribution is -2.28. The van der Waals surface area contributed by atoms with Crippen LogP contribution < -0.4 is 9.47 Å². The minimum Gasteiger partial charge on any atom is -0.485 e. The molecule has 1 aromatic rings. The predicted molar refractivity (Wildman–Crippen MR) is 62.9 cm³/mol. The van der Waals surface area contributed by atoms with Crippen molar-refractivity contribution >= 4 is 11.3 Å². The first-order valence-electron chi connectivity index (χ1n) is 5.61. The molecule has 0 saturated carbocycles. The molecule has 1 aliphatic rings. The van der Waals surface area contributed by atoms with Gasteiger partial charge in [0.05, 0.1) is 0 Å². The zero-order chi connectivity index (χ0) is 10.7. The standard InChI is InChI=1S/C12H18O2S/c1-9(2)4-3-5-10-6-13-11-7-15-8-12(11)14-10/h7-10H,3-6H2,1-2H3. The molecule has 0 N–H and O–H groups in total. The molecule has 0 saturated heterocycles. The monoisotopic (exact) mass is 226 g/mol. The van der Waals surface area contributed by atoms with Crippen LogP contribution in [0.15, 0.2) is 10.8 Å². The quantitative estimate of drug-likeness (QED) is 0.779. The maximum atomic E-state index is 5.84. The van der Waals surface area contributed by atoms with E-state index in [1.807, 2.05) is 10.8 Å². The fourth-order valence-electron chi connectivity index (χ4n) is 1.76. The van der Waals surface area contributed by atoms with E-state index in [9.17, 15) is 0 Å². The summed E-state index contributed by atoms with van der Waals surface area (Å²) in [6, 6.07) is 0. The molecule has 15 heavy (non-hydrogen) atoms. The maximum Gasteiger partial charge on any atom is 0.172 e. The molecule has 0 fully saturated rings. The molecule has 2 heterocycles. The number of rotatable bonds is 4. The van der Waals surface area contributed by atoms with Crippen LogP contribution >= 0.6 is 11.3 Å². The normalized spacial score (nSPS) is 19.5. The van der Waals surface area contributed by atoms with Gasteiger partial charge in [-0.1, -0.05) is 20.3 Å². The molecular weight excluding hydrogens is 208 g/mol. The van der Waals surface area contributed by atoms with E-state index in [1.54, 1.807) is 11.3 Å². The first-order chi connectivity index (χ1) is 7.25. The molecule has 84 valence electrons. The molecule has 0 radical (unpaired) electrons. The molecule has 0 spiro atoms. The van der Waals surface area contributed by atoms with E-state index in [2.05, 4.69) is 13.8 Å². The molecule has 2 nitrogen and oxygen atoms in total. The van der Waals surface area contributed by atoms with Crippen LogP contribution in [0.1, 0.15) is 33.1 Å². The van der Waals surface area contributed by atoms with Crippen LogP contribution in [0, 0.1) is 5.92 Å². The van der Waals surface area contributed by atoms with Crippen molar-refractivity contribution < 1.29 is 9.47 Å². The van der Waals surface area contributed by atoms with Gasteiger partial charge in [-0.2, -0.15) is 0 Å². The summed E-state index contributed by atoms with van der Waals surface area (Å²) in [4.78, 5) is 0. The van der Waals surface area contributed by atoms with Crippen molar-refractivity contribution in [2.75, 3.05) is 6.61 Å². The van der Waals surface area contributed by atoms with Crippen LogP contribution in [0.5, 0.6) is 11.5 Å². The van der Waals surface area contributed by atoms with Gasteiger partial charge in [-0.3, -0.25) is 0 Å². The Kier molecular flexibility index (Phi) is 3.52. The van der Waals surface area contributed by atoms with Crippen LogP contribution in [0.2, 0.25) is 0 Å². The third-order valence-electron chi connectivity index (χ3n) is 2.62. The molecule has 0 aliphatic carbocycles. The molecule has 0 aromatic carbocycles. The third-order valence-corrected chi connectivity index (χ3v) is 3.32. The Bertz CT molecular complexity index is 306. The van der Waals surface area contributed by atoms with Crippen LogP contribution in [-0.2, 0) is 0 Å². The minimum absolute atomic E-state index is 0.255. The van der Waals surface area contributed by atoms with Crippen LogP contribution in [0.25, 0.3) is 0 Å². The Balaban J connectivity index is 1.78. The highest BCUT2D eigenvalue weighted by Gasteiger charge is 2.21. The lowest BCUT2D eigenvalue weighted by molar-refractivity contribution is 0.0836. The Morgan fingerprint density at radius 2 is 2.20 bits per heavy atom. The van der Waals surface area contributed by atoms with Crippen LogP contribution in [0.4, 0.5) is 0 Å². The largest absolute Gasteiger partial charge is 0.485 e. The number of hydrogen-bond donors (Lipinski definition) is 0. The Morgan fingerprint density at radius 1 is 1.40 bits per heavy atom. The summed E-state index contributed by atoms with van der Waals surface area (Å²) in [7, 11) is 0. The number of fused-ring (bicyclic) bond motifs is 1. The lowest BCUT2D eigenvalue weighted by atomic mass is 10.0. The summed E-state index contributed by atoms with van der Waals surface area (Å²) in [5.74, 6) is 2.63. The van der Waals surface area contributed by atoms with E-state index in [0.717, 1.165) is 23.8 Å². The van der Waals surface area contributed by atoms with Crippen molar-refractivity contribution in [3.8, 4) is 11.5 Å². The molecule has 0 amide bonds. The van der Waals surface area contributed by atoms with Gasteiger partial charge < -0.3 is 9.47 Å². The zero-order valence-electron chi connectivity index (χ0n) is 9.36. The second kappa shape index (κ2) is 4.88. The van der Waals surface area contributed by atoms with Crippen molar-refractivity contribution in [1.82, 2.24) is 0 Å². The second-order valence-electron chi connectivity index (χ2n) is 4.48. The van der Waals surface area contributed by atoms with E-state index < -0.39 is 0 Å². The average molecular weight is 226 g/mol. The van der Waals surface area contributed by atoms with Crippen molar-refractivity contribution in [3.63, 3.8) is 0 Å². The first-order valence-corrected chi connectivity index (χ1v) is 6.55. The highest BCUT2D eigenvalue weighted by atomic mass is 32.1. The van der Waals surface area contributed by atoms with Crippen molar-refractivity contribution in [2.24, 2.45) is 5.92 Å². The minimum atomic E-state index is 0.255. The number of ether oxygens (including phenoxy) is 2. The molecule has 1 aliphatic heterocycles. The molecule has 1 atom stereocenters. The topological polar surface area (TPSA) is 18.5 Å². The molecule has 1 aromatic heterocycles. The average Bonchev–Trinajstić information content (AvgIpc) is 2.64. The SMILES string of the molecule is CC(C)CCCC1COc2cscc2O1. The van der Waals surface area contributed by atoms with Crippen molar-refractivity contribution in [1.29, 1.82) is 0 Å². The molecular formula is C12H18O2S. The number of hydrogen-bond acceptors (Lipinski definition) is 3. The van der Waals surface area contributed by atoms with Crippen LogP contribution in [-0.4, -0.2) is 12.7 Å². The zero-order valence-corrected chi connectivity index (χ0v) is 10.2. The van der Waals surface area contributed by atoms with Gasteiger partial charge >= 0.3 is 0 Å². The van der Waals surface area contributed by atoms with Gasteiger partial charge in [-0.25, -0.2) is 0 Å². The summed E-state index contributed by atoms with van der Waals surface area (Å²) < 4.78 is 11.5. The highest BCUT2D eigenvalue weighted by Crippen LogP contribution is 2.36. The van der Waals surface area contributed by atoms with E-state index >= 15 is 0 Å². The van der Waals surface area contributed by atoms with Gasteiger partial charge in [0.15, 0.2) is 11.5 Å².